The number of hydrogen-bond donors (Lipinski definition) is 3. The average molecular weight is 632 g/mol. The number of nitrogens with zero attached hydrogens (tertiary/aromatic N) is 2. The molecule has 4 aromatic rings. The number of pyridine rings is 1. The van der Waals surface area contributed by atoms with Gasteiger partial charge in [-0.05, 0) is 85.5 Å². The van der Waals surface area contributed by atoms with Crippen LogP contribution >= 0.6 is 11.6 Å². The summed E-state index contributed by atoms with van der Waals surface area (Å²) in [6.45, 7) is 3.60. The maximum Gasteiger partial charge on any atom is 0.265 e. The number of hydrogen-bond acceptors (Lipinski definition) is 6. The molecule has 2 heterocycles. The van der Waals surface area contributed by atoms with E-state index in [1.54, 1.807) is 80.8 Å². The third-order valence-corrected chi connectivity index (χ3v) is 9.62. The predicted octanol–water partition coefficient (Wildman–Crippen LogP) is 4.87. The van der Waals surface area contributed by atoms with Crippen molar-refractivity contribution in [2.75, 3.05) is 21.5 Å². The van der Waals surface area contributed by atoms with E-state index in [1.807, 2.05) is 12.1 Å². The number of rotatable bonds is 9. The first-order chi connectivity index (χ1) is 21.0. The molecular weight excluding hydrogens is 602 g/mol. The Labute approximate surface area is 260 Å². The lowest BCUT2D eigenvalue weighted by Gasteiger charge is -2.37. The van der Waals surface area contributed by atoms with Crippen molar-refractivity contribution in [3.05, 3.63) is 112 Å². The SMILES string of the molecule is Cc1cc(S(=O)(=O)N2c3ccccc3NC(=O)[C@H]2CC(=O)NCCc2ccc(NC(=O)c3ccncc3)cc2)c(C)cc1Cl. The van der Waals surface area contributed by atoms with Crippen LogP contribution in [-0.4, -0.2) is 43.7 Å². The number of aryl methyl sites for hydroxylation is 2. The van der Waals surface area contributed by atoms with E-state index in [0.717, 1.165) is 9.87 Å². The average Bonchev–Trinajstić information content (AvgIpc) is 3.00. The van der Waals surface area contributed by atoms with E-state index in [0.29, 0.717) is 39.5 Å². The van der Waals surface area contributed by atoms with Crippen LogP contribution < -0.4 is 20.3 Å². The van der Waals surface area contributed by atoms with Crippen molar-refractivity contribution >= 4 is 56.4 Å². The van der Waals surface area contributed by atoms with Crippen LogP contribution in [0.25, 0.3) is 0 Å². The summed E-state index contributed by atoms with van der Waals surface area (Å²) in [6, 6.07) is 18.8. The number of sulfonamides is 1. The number of fused-ring (bicyclic) bond motifs is 1. The molecule has 0 spiro atoms. The zero-order chi connectivity index (χ0) is 31.4. The highest BCUT2D eigenvalue weighted by atomic mass is 35.5. The summed E-state index contributed by atoms with van der Waals surface area (Å²) in [5.41, 5.74) is 3.63. The van der Waals surface area contributed by atoms with E-state index in [-0.39, 0.29) is 29.5 Å². The second-order valence-corrected chi connectivity index (χ2v) is 12.6. The van der Waals surface area contributed by atoms with E-state index < -0.39 is 27.9 Å². The molecule has 1 aliphatic rings. The van der Waals surface area contributed by atoms with Gasteiger partial charge in [-0.3, -0.25) is 23.7 Å². The van der Waals surface area contributed by atoms with Crippen LogP contribution in [0.5, 0.6) is 0 Å². The highest BCUT2D eigenvalue weighted by Gasteiger charge is 2.42. The standard InChI is InChI=1S/C32H30ClN5O5S/c1-20-18-29(21(2)17-25(20)33)44(42,43)38-27-6-4-3-5-26(27)37-32(41)28(38)19-30(39)35-16-11-22-7-9-24(10-8-22)36-31(40)23-12-14-34-15-13-23/h3-10,12-15,17-18,28H,11,16,19H2,1-2H3,(H,35,39)(H,36,40)(H,37,41)/t28-/m1/s1. The van der Waals surface area contributed by atoms with Crippen molar-refractivity contribution < 1.29 is 22.8 Å². The van der Waals surface area contributed by atoms with Gasteiger partial charge in [-0.15, -0.1) is 0 Å². The molecule has 0 saturated heterocycles. The zero-order valence-corrected chi connectivity index (χ0v) is 25.6. The maximum absolute atomic E-state index is 14.1. The van der Waals surface area contributed by atoms with E-state index in [9.17, 15) is 22.8 Å². The fourth-order valence-electron chi connectivity index (χ4n) is 4.93. The molecule has 1 aromatic heterocycles. The number of benzene rings is 3. The molecule has 0 radical (unpaired) electrons. The number of halogens is 1. The van der Waals surface area contributed by atoms with Gasteiger partial charge in [0.05, 0.1) is 22.7 Å². The molecule has 226 valence electrons. The number of carbonyl (C=O) groups excluding carboxylic acids is 3. The Morgan fingerprint density at radius 1 is 0.977 bits per heavy atom. The monoisotopic (exact) mass is 631 g/mol. The molecule has 3 aromatic carbocycles. The molecule has 0 saturated carbocycles. The van der Waals surface area contributed by atoms with E-state index >= 15 is 0 Å². The fourth-order valence-corrected chi connectivity index (χ4v) is 7.07. The summed E-state index contributed by atoms with van der Waals surface area (Å²) in [5, 5.41) is 8.78. The second-order valence-electron chi connectivity index (χ2n) is 10.4. The highest BCUT2D eigenvalue weighted by Crippen LogP contribution is 2.38. The van der Waals surface area contributed by atoms with Gasteiger partial charge in [-0.2, -0.15) is 0 Å². The first-order valence-electron chi connectivity index (χ1n) is 13.8. The van der Waals surface area contributed by atoms with Crippen molar-refractivity contribution in [3.8, 4) is 0 Å². The summed E-state index contributed by atoms with van der Waals surface area (Å²) < 4.78 is 29.2. The van der Waals surface area contributed by atoms with Gasteiger partial charge in [-0.1, -0.05) is 35.9 Å². The van der Waals surface area contributed by atoms with Crippen LogP contribution in [0.2, 0.25) is 5.02 Å². The third kappa shape index (κ3) is 6.58. The number of para-hydroxylation sites is 2. The van der Waals surface area contributed by atoms with E-state index in [1.165, 1.54) is 6.07 Å². The Balaban J connectivity index is 1.27. The second kappa shape index (κ2) is 12.9. The Kier molecular flexibility index (Phi) is 8.98. The quantitative estimate of drug-likeness (QED) is 0.241. The Morgan fingerprint density at radius 3 is 2.41 bits per heavy atom. The Morgan fingerprint density at radius 2 is 1.68 bits per heavy atom. The molecule has 12 heteroatoms. The summed E-state index contributed by atoms with van der Waals surface area (Å²) >= 11 is 6.22. The van der Waals surface area contributed by atoms with Crippen molar-refractivity contribution in [1.82, 2.24) is 10.3 Å². The molecule has 5 rings (SSSR count). The van der Waals surface area contributed by atoms with Crippen LogP contribution in [0, 0.1) is 13.8 Å². The van der Waals surface area contributed by atoms with Gasteiger partial charge in [-0.25, -0.2) is 8.42 Å². The van der Waals surface area contributed by atoms with E-state index in [4.69, 9.17) is 11.6 Å². The smallest absolute Gasteiger partial charge is 0.265 e. The summed E-state index contributed by atoms with van der Waals surface area (Å²) in [7, 11) is -4.27. The van der Waals surface area contributed by atoms with Crippen molar-refractivity contribution in [1.29, 1.82) is 0 Å². The highest BCUT2D eigenvalue weighted by molar-refractivity contribution is 7.93. The number of nitrogens with one attached hydrogen (secondary N) is 3. The lowest BCUT2D eigenvalue weighted by atomic mass is 10.1. The number of anilines is 3. The van der Waals surface area contributed by atoms with Gasteiger partial charge < -0.3 is 16.0 Å². The molecular formula is C32H30ClN5O5S. The van der Waals surface area contributed by atoms with Crippen LogP contribution in [0.4, 0.5) is 17.1 Å². The lowest BCUT2D eigenvalue weighted by molar-refractivity contribution is -0.125. The lowest BCUT2D eigenvalue weighted by Crippen LogP contribution is -2.53. The molecule has 1 aliphatic heterocycles. The summed E-state index contributed by atoms with van der Waals surface area (Å²) in [4.78, 5) is 42.6. The largest absolute Gasteiger partial charge is 0.356 e. The van der Waals surface area contributed by atoms with Gasteiger partial charge >= 0.3 is 0 Å². The first-order valence-corrected chi connectivity index (χ1v) is 15.6. The first kappa shape index (κ1) is 30.7. The number of carbonyl (C=O) groups is 3. The van der Waals surface area contributed by atoms with E-state index in [2.05, 4.69) is 20.9 Å². The minimum atomic E-state index is -4.27. The van der Waals surface area contributed by atoms with Gasteiger partial charge in [0.15, 0.2) is 0 Å². The van der Waals surface area contributed by atoms with Gasteiger partial charge in [0.25, 0.3) is 15.9 Å². The molecule has 0 bridgehead atoms. The Hall–Kier alpha value is -4.74. The van der Waals surface area contributed by atoms with Crippen LogP contribution in [0.3, 0.4) is 0 Å². The summed E-state index contributed by atoms with van der Waals surface area (Å²) in [5.74, 6) is -1.33. The number of amides is 3. The molecule has 0 aliphatic carbocycles. The van der Waals surface area contributed by atoms with Crippen molar-refractivity contribution in [2.24, 2.45) is 0 Å². The topological polar surface area (TPSA) is 138 Å². The van der Waals surface area contributed by atoms with Crippen LogP contribution in [-0.2, 0) is 26.0 Å². The Bertz CT molecular complexity index is 1830. The minimum Gasteiger partial charge on any atom is -0.356 e. The molecule has 44 heavy (non-hydrogen) atoms. The predicted molar refractivity (Wildman–Crippen MR) is 169 cm³/mol. The van der Waals surface area contributed by atoms with Gasteiger partial charge in [0.1, 0.15) is 6.04 Å². The third-order valence-electron chi connectivity index (χ3n) is 7.25. The minimum absolute atomic E-state index is 0.00900. The zero-order valence-electron chi connectivity index (χ0n) is 24.0. The molecule has 3 amide bonds. The normalized spacial score (nSPS) is 14.4. The maximum atomic E-state index is 14.1. The van der Waals surface area contributed by atoms with Crippen LogP contribution in [0.15, 0.2) is 90.1 Å². The fraction of sp³-hybridized carbons (Fsp3) is 0.188. The molecule has 3 N–H and O–H groups in total. The van der Waals surface area contributed by atoms with Crippen molar-refractivity contribution in [2.45, 2.75) is 37.6 Å². The molecule has 1 atom stereocenters. The van der Waals surface area contributed by atoms with Crippen molar-refractivity contribution in [3.63, 3.8) is 0 Å². The van der Waals surface area contributed by atoms with Crippen LogP contribution in [0.1, 0.15) is 33.5 Å². The molecule has 0 fully saturated rings. The molecule has 0 unspecified atom stereocenters. The summed E-state index contributed by atoms with van der Waals surface area (Å²) in [6.07, 6.45) is 3.19. The number of aromatic nitrogens is 1. The van der Waals surface area contributed by atoms with Gasteiger partial charge in [0, 0.05) is 35.2 Å². The van der Waals surface area contributed by atoms with Gasteiger partial charge in [0.2, 0.25) is 11.8 Å². The molecule has 10 nitrogen and oxygen atoms in total.